The number of anilines is 1. The molecule has 0 aromatic heterocycles. The number of nitro groups is 1. The maximum atomic E-state index is 11.4. The van der Waals surface area contributed by atoms with E-state index in [4.69, 9.17) is 0 Å². The predicted molar refractivity (Wildman–Crippen MR) is 73.4 cm³/mol. The van der Waals surface area contributed by atoms with Crippen molar-refractivity contribution in [2.45, 2.75) is 11.3 Å². The van der Waals surface area contributed by atoms with Gasteiger partial charge in [0.05, 0.1) is 9.82 Å². The third-order valence-corrected chi connectivity index (χ3v) is 3.65. The number of hydrogen-bond acceptors (Lipinski definition) is 6. The lowest BCUT2D eigenvalue weighted by Gasteiger charge is -2.07. The minimum Gasteiger partial charge on any atom is -0.379 e. The number of nitrogens with one attached hydrogen (secondary N) is 2. The third kappa shape index (κ3) is 4.19. The average Bonchev–Trinajstić information content (AvgIpc) is 2.37. The second-order valence-corrected chi connectivity index (χ2v) is 6.07. The summed E-state index contributed by atoms with van der Waals surface area (Å²) in [6, 6.07) is 3.60. The Morgan fingerprint density at radius 2 is 2.05 bits per heavy atom. The number of amides is 1. The summed E-state index contributed by atoms with van der Waals surface area (Å²) in [4.78, 5) is 21.2. The van der Waals surface area contributed by atoms with Gasteiger partial charge in [0, 0.05) is 32.3 Å². The van der Waals surface area contributed by atoms with Crippen LogP contribution in [0.15, 0.2) is 23.1 Å². The van der Waals surface area contributed by atoms with Gasteiger partial charge < -0.3 is 10.6 Å². The van der Waals surface area contributed by atoms with Crippen molar-refractivity contribution in [2.75, 3.05) is 25.2 Å². The molecule has 0 bridgehead atoms. The number of nitro benzene ring substituents is 1. The minimum atomic E-state index is -3.51. The summed E-state index contributed by atoms with van der Waals surface area (Å²) in [6.07, 6.45) is 1.13. The number of carbonyl (C=O) groups is 1. The van der Waals surface area contributed by atoms with Gasteiger partial charge in [-0.05, 0) is 12.1 Å². The van der Waals surface area contributed by atoms with Crippen molar-refractivity contribution in [1.82, 2.24) is 5.32 Å². The molecule has 0 aliphatic carbocycles. The average molecular weight is 301 g/mol. The van der Waals surface area contributed by atoms with E-state index in [9.17, 15) is 23.3 Å². The lowest BCUT2D eigenvalue weighted by atomic mass is 10.2. The van der Waals surface area contributed by atoms with Gasteiger partial charge in [0.15, 0.2) is 9.84 Å². The largest absolute Gasteiger partial charge is 0.379 e. The summed E-state index contributed by atoms with van der Waals surface area (Å²) in [6.45, 7) is 0.207. The zero-order valence-electron chi connectivity index (χ0n) is 11.0. The molecule has 1 rings (SSSR count). The van der Waals surface area contributed by atoms with Crippen LogP contribution in [-0.2, 0) is 14.6 Å². The maximum absolute atomic E-state index is 11.4. The van der Waals surface area contributed by atoms with Crippen molar-refractivity contribution in [3.8, 4) is 0 Å². The quantitative estimate of drug-likeness (QED) is 0.585. The SMILES string of the molecule is CNC(=O)CCNc1ccc(S(C)(=O)=O)cc1[N+](=O)[O-]. The molecule has 20 heavy (non-hydrogen) atoms. The minimum absolute atomic E-state index is 0.124. The fraction of sp³-hybridized carbons (Fsp3) is 0.364. The summed E-state index contributed by atoms with van der Waals surface area (Å²) in [5.74, 6) is -0.201. The molecule has 1 aromatic rings. The number of benzene rings is 1. The Balaban J connectivity index is 2.97. The highest BCUT2D eigenvalue weighted by Gasteiger charge is 2.18. The fourth-order valence-corrected chi connectivity index (χ4v) is 2.12. The van der Waals surface area contributed by atoms with Crippen molar-refractivity contribution in [3.63, 3.8) is 0 Å². The Morgan fingerprint density at radius 1 is 1.40 bits per heavy atom. The van der Waals surface area contributed by atoms with Gasteiger partial charge in [-0.3, -0.25) is 14.9 Å². The highest BCUT2D eigenvalue weighted by atomic mass is 32.2. The number of hydrogen-bond donors (Lipinski definition) is 2. The van der Waals surface area contributed by atoms with Crippen LogP contribution < -0.4 is 10.6 Å². The molecule has 0 saturated heterocycles. The van der Waals surface area contributed by atoms with E-state index in [1.807, 2.05) is 0 Å². The molecule has 1 amide bonds. The molecule has 0 radical (unpaired) electrons. The fourth-order valence-electron chi connectivity index (χ4n) is 1.48. The molecule has 0 saturated carbocycles. The van der Waals surface area contributed by atoms with Gasteiger partial charge in [0.25, 0.3) is 5.69 Å². The highest BCUT2D eigenvalue weighted by molar-refractivity contribution is 7.90. The Bertz CT molecular complexity index is 627. The van der Waals surface area contributed by atoms with E-state index in [2.05, 4.69) is 10.6 Å². The topological polar surface area (TPSA) is 118 Å². The van der Waals surface area contributed by atoms with Gasteiger partial charge in [-0.15, -0.1) is 0 Å². The van der Waals surface area contributed by atoms with Crippen molar-refractivity contribution >= 4 is 27.1 Å². The molecule has 1 aromatic carbocycles. The lowest BCUT2D eigenvalue weighted by Crippen LogP contribution is -2.21. The van der Waals surface area contributed by atoms with Gasteiger partial charge in [-0.2, -0.15) is 0 Å². The molecule has 0 heterocycles. The molecule has 0 aliphatic rings. The molecule has 110 valence electrons. The monoisotopic (exact) mass is 301 g/mol. The van der Waals surface area contributed by atoms with Crippen LogP contribution >= 0.6 is 0 Å². The van der Waals surface area contributed by atoms with Gasteiger partial charge in [0.1, 0.15) is 5.69 Å². The van der Waals surface area contributed by atoms with Crippen LogP contribution in [0.3, 0.4) is 0 Å². The second kappa shape index (κ2) is 6.33. The Labute approximate surface area is 116 Å². The second-order valence-electron chi connectivity index (χ2n) is 4.06. The molecule has 0 aliphatic heterocycles. The van der Waals surface area contributed by atoms with Crippen LogP contribution in [0.4, 0.5) is 11.4 Å². The summed E-state index contributed by atoms with van der Waals surface area (Å²) in [5, 5.41) is 16.1. The molecule has 9 heteroatoms. The van der Waals surface area contributed by atoms with Crippen LogP contribution in [0.2, 0.25) is 0 Å². The first kappa shape index (κ1) is 15.9. The van der Waals surface area contributed by atoms with Crippen LogP contribution in [-0.4, -0.2) is 39.1 Å². The first-order valence-corrected chi connectivity index (χ1v) is 7.58. The van der Waals surface area contributed by atoms with Crippen molar-refractivity contribution in [2.24, 2.45) is 0 Å². The molecular weight excluding hydrogens is 286 g/mol. The molecule has 0 fully saturated rings. The van der Waals surface area contributed by atoms with Crippen LogP contribution in [0, 0.1) is 10.1 Å². The zero-order valence-corrected chi connectivity index (χ0v) is 11.9. The summed E-state index contributed by atoms with van der Waals surface area (Å²) in [5.41, 5.74) is -0.170. The lowest BCUT2D eigenvalue weighted by molar-refractivity contribution is -0.384. The Kier molecular flexibility index (Phi) is 5.03. The van der Waals surface area contributed by atoms with E-state index in [-0.39, 0.29) is 35.1 Å². The van der Waals surface area contributed by atoms with Crippen LogP contribution in [0.25, 0.3) is 0 Å². The van der Waals surface area contributed by atoms with Gasteiger partial charge >= 0.3 is 0 Å². The Morgan fingerprint density at radius 3 is 2.55 bits per heavy atom. The summed E-state index contributed by atoms with van der Waals surface area (Å²) in [7, 11) is -2.02. The van der Waals surface area contributed by atoms with E-state index in [0.717, 1.165) is 12.3 Å². The molecule has 8 nitrogen and oxygen atoms in total. The number of sulfone groups is 1. The normalized spacial score (nSPS) is 10.9. The van der Waals surface area contributed by atoms with Gasteiger partial charge in [-0.25, -0.2) is 8.42 Å². The van der Waals surface area contributed by atoms with E-state index in [1.54, 1.807) is 0 Å². The van der Waals surface area contributed by atoms with E-state index < -0.39 is 14.8 Å². The number of carbonyl (C=O) groups excluding carboxylic acids is 1. The zero-order chi connectivity index (χ0) is 15.3. The van der Waals surface area contributed by atoms with Crippen molar-refractivity contribution in [1.29, 1.82) is 0 Å². The van der Waals surface area contributed by atoms with Crippen LogP contribution in [0.5, 0.6) is 0 Å². The van der Waals surface area contributed by atoms with Crippen molar-refractivity contribution in [3.05, 3.63) is 28.3 Å². The predicted octanol–water partition coefficient (Wildman–Crippen LogP) is 0.546. The molecule has 0 spiro atoms. The Hall–Kier alpha value is -2.16. The molecule has 0 atom stereocenters. The highest BCUT2D eigenvalue weighted by Crippen LogP contribution is 2.27. The van der Waals surface area contributed by atoms with E-state index in [0.29, 0.717) is 0 Å². The first-order valence-electron chi connectivity index (χ1n) is 5.68. The van der Waals surface area contributed by atoms with Gasteiger partial charge in [0.2, 0.25) is 5.91 Å². The van der Waals surface area contributed by atoms with E-state index >= 15 is 0 Å². The first-order chi connectivity index (χ1) is 9.25. The van der Waals surface area contributed by atoms with Crippen molar-refractivity contribution < 1.29 is 18.1 Å². The molecule has 2 N–H and O–H groups in total. The molecule has 0 unspecified atom stereocenters. The van der Waals surface area contributed by atoms with Gasteiger partial charge in [-0.1, -0.05) is 0 Å². The summed E-state index contributed by atoms with van der Waals surface area (Å²) >= 11 is 0. The third-order valence-electron chi connectivity index (χ3n) is 2.54. The molecular formula is C11H15N3O5S. The smallest absolute Gasteiger partial charge is 0.293 e. The summed E-state index contributed by atoms with van der Waals surface area (Å²) < 4.78 is 22.7. The van der Waals surface area contributed by atoms with Crippen LogP contribution in [0.1, 0.15) is 6.42 Å². The van der Waals surface area contributed by atoms with E-state index in [1.165, 1.54) is 19.2 Å². The number of nitrogens with zero attached hydrogens (tertiary/aromatic N) is 1. The number of rotatable bonds is 6. The standard InChI is InChI=1S/C11H15N3O5S/c1-12-11(15)5-6-13-9-4-3-8(20(2,18)19)7-10(9)14(16)17/h3-4,7,13H,5-6H2,1-2H3,(H,12,15). The maximum Gasteiger partial charge on any atom is 0.293 e.